The van der Waals surface area contributed by atoms with Crippen molar-refractivity contribution in [1.29, 1.82) is 0 Å². The summed E-state index contributed by atoms with van der Waals surface area (Å²) < 4.78 is 0. The highest BCUT2D eigenvalue weighted by molar-refractivity contribution is 5.95. The van der Waals surface area contributed by atoms with Crippen molar-refractivity contribution < 1.29 is 9.90 Å². The maximum atomic E-state index is 11.9. The van der Waals surface area contributed by atoms with E-state index < -0.39 is 6.10 Å². The van der Waals surface area contributed by atoms with Crippen LogP contribution in [0.25, 0.3) is 0 Å². The zero-order chi connectivity index (χ0) is 13.7. The smallest absolute Gasteiger partial charge is 0.160 e. The Morgan fingerprint density at radius 2 is 2.05 bits per heavy atom. The highest BCUT2D eigenvalue weighted by atomic mass is 16.3. The molecule has 0 bridgehead atoms. The third-order valence-corrected chi connectivity index (χ3v) is 3.49. The molecule has 2 rings (SSSR count). The number of benzene rings is 1. The minimum Gasteiger partial charge on any atom is -0.389 e. The summed E-state index contributed by atoms with van der Waals surface area (Å²) in [4.78, 5) is 11.9. The molecule has 2 N–H and O–H groups in total. The number of ketones is 1. The number of carbonyl (C=O) groups excluding carboxylic acids is 1. The average molecular weight is 259 g/mol. The van der Waals surface area contributed by atoms with E-state index in [2.05, 4.69) is 5.32 Å². The maximum Gasteiger partial charge on any atom is 0.160 e. The van der Waals surface area contributed by atoms with Crippen LogP contribution in [0.5, 0.6) is 0 Å². The number of carbonyl (C=O) groups is 1. The lowest BCUT2D eigenvalue weighted by Gasteiger charge is -2.08. The molecule has 1 atom stereocenters. The number of rotatable bonds is 3. The number of hydrogen-bond donors (Lipinski definition) is 2. The van der Waals surface area contributed by atoms with Gasteiger partial charge in [-0.05, 0) is 43.9 Å². The average Bonchev–Trinajstić information content (AvgIpc) is 2.61. The van der Waals surface area contributed by atoms with Gasteiger partial charge in [-0.15, -0.1) is 0 Å². The molecule has 1 fully saturated rings. The Kier molecular flexibility index (Phi) is 4.74. The van der Waals surface area contributed by atoms with Crippen molar-refractivity contribution in [3.8, 4) is 0 Å². The lowest BCUT2D eigenvalue weighted by Crippen LogP contribution is -2.02. The zero-order valence-electron chi connectivity index (χ0n) is 11.4. The number of allylic oxidation sites excluding steroid dienone is 1. The standard InChI is InChI=1S/C16H21NO2/c1-12(18)13-7-5-8-15(10-13)17-11-14-6-3-2-4-9-16(14)19/h5,7-8,10-12,17-18H,2-4,6,9H2,1H3/b14-11+/t12-/m0/s1. The summed E-state index contributed by atoms with van der Waals surface area (Å²) in [5.74, 6) is 0.261. The van der Waals surface area contributed by atoms with Crippen molar-refractivity contribution in [1.82, 2.24) is 0 Å². The van der Waals surface area contributed by atoms with Crippen LogP contribution < -0.4 is 5.32 Å². The molecule has 1 aromatic rings. The Morgan fingerprint density at radius 3 is 2.84 bits per heavy atom. The van der Waals surface area contributed by atoms with Gasteiger partial charge in [-0.25, -0.2) is 0 Å². The fraction of sp³-hybridized carbons (Fsp3) is 0.438. The minimum atomic E-state index is -0.478. The second-order valence-corrected chi connectivity index (χ2v) is 5.10. The number of aliphatic hydroxyl groups is 1. The highest BCUT2D eigenvalue weighted by Gasteiger charge is 2.13. The van der Waals surface area contributed by atoms with Gasteiger partial charge < -0.3 is 10.4 Å². The highest BCUT2D eigenvalue weighted by Crippen LogP contribution is 2.21. The van der Waals surface area contributed by atoms with Crippen LogP contribution in [0.2, 0.25) is 0 Å². The first-order chi connectivity index (χ1) is 9.16. The maximum absolute atomic E-state index is 11.9. The largest absolute Gasteiger partial charge is 0.389 e. The number of anilines is 1. The van der Waals surface area contributed by atoms with Gasteiger partial charge in [-0.2, -0.15) is 0 Å². The Hall–Kier alpha value is -1.61. The minimum absolute atomic E-state index is 0.261. The van der Waals surface area contributed by atoms with E-state index in [0.29, 0.717) is 6.42 Å². The van der Waals surface area contributed by atoms with Gasteiger partial charge in [-0.1, -0.05) is 18.6 Å². The van der Waals surface area contributed by atoms with Crippen molar-refractivity contribution in [3.63, 3.8) is 0 Å². The number of hydrogen-bond acceptors (Lipinski definition) is 3. The van der Waals surface area contributed by atoms with E-state index in [0.717, 1.165) is 42.5 Å². The summed E-state index contributed by atoms with van der Waals surface area (Å²) in [5, 5.41) is 12.7. The van der Waals surface area contributed by atoms with E-state index in [4.69, 9.17) is 0 Å². The first-order valence-corrected chi connectivity index (χ1v) is 6.93. The predicted molar refractivity (Wildman–Crippen MR) is 76.9 cm³/mol. The van der Waals surface area contributed by atoms with Gasteiger partial charge in [-0.3, -0.25) is 4.79 Å². The van der Waals surface area contributed by atoms with Gasteiger partial charge in [0.15, 0.2) is 5.78 Å². The van der Waals surface area contributed by atoms with Crippen molar-refractivity contribution in [2.24, 2.45) is 0 Å². The van der Waals surface area contributed by atoms with E-state index in [9.17, 15) is 9.90 Å². The molecule has 0 unspecified atom stereocenters. The molecule has 0 amide bonds. The van der Waals surface area contributed by atoms with Crippen molar-refractivity contribution in [3.05, 3.63) is 41.6 Å². The van der Waals surface area contributed by atoms with Crippen LogP contribution in [0, 0.1) is 0 Å². The molecule has 0 aromatic heterocycles. The fourth-order valence-corrected chi connectivity index (χ4v) is 2.29. The van der Waals surface area contributed by atoms with Crippen LogP contribution in [0.4, 0.5) is 5.69 Å². The first-order valence-electron chi connectivity index (χ1n) is 6.93. The van der Waals surface area contributed by atoms with E-state index >= 15 is 0 Å². The Morgan fingerprint density at radius 1 is 1.26 bits per heavy atom. The summed E-state index contributed by atoms with van der Waals surface area (Å²) in [7, 11) is 0. The van der Waals surface area contributed by atoms with E-state index in [1.165, 1.54) is 0 Å². The molecule has 3 nitrogen and oxygen atoms in total. The topological polar surface area (TPSA) is 49.3 Å². The predicted octanol–water partition coefficient (Wildman–Crippen LogP) is 3.57. The molecule has 1 saturated carbocycles. The third kappa shape index (κ3) is 3.93. The molecule has 3 heteroatoms. The molecule has 1 aliphatic carbocycles. The molecule has 0 spiro atoms. The fourth-order valence-electron chi connectivity index (χ4n) is 2.29. The summed E-state index contributed by atoms with van der Waals surface area (Å²) >= 11 is 0. The Labute approximate surface area is 114 Å². The van der Waals surface area contributed by atoms with Crippen LogP contribution >= 0.6 is 0 Å². The molecule has 0 aliphatic heterocycles. The SMILES string of the molecule is C[C@H](O)c1cccc(N/C=C2\CCCCCC2=O)c1. The molecule has 1 aliphatic rings. The van der Waals surface area contributed by atoms with E-state index in [-0.39, 0.29) is 5.78 Å². The second-order valence-electron chi connectivity index (χ2n) is 5.10. The Bertz CT molecular complexity index is 477. The molecule has 1 aromatic carbocycles. The van der Waals surface area contributed by atoms with Gasteiger partial charge in [0.25, 0.3) is 0 Å². The molecular weight excluding hydrogens is 238 g/mol. The number of Topliss-reactive ketones (excluding diaryl/α,β-unsaturated/α-hetero) is 1. The monoisotopic (exact) mass is 259 g/mol. The van der Waals surface area contributed by atoms with Crippen LogP contribution in [0.15, 0.2) is 36.0 Å². The van der Waals surface area contributed by atoms with Gasteiger partial charge in [0, 0.05) is 23.9 Å². The third-order valence-electron chi connectivity index (χ3n) is 3.49. The van der Waals surface area contributed by atoms with Gasteiger partial charge in [0.1, 0.15) is 0 Å². The molecule has 102 valence electrons. The van der Waals surface area contributed by atoms with Gasteiger partial charge >= 0.3 is 0 Å². The van der Waals surface area contributed by atoms with Crippen LogP contribution in [-0.2, 0) is 4.79 Å². The van der Waals surface area contributed by atoms with Crippen molar-refractivity contribution in [2.45, 2.75) is 45.1 Å². The lowest BCUT2D eigenvalue weighted by molar-refractivity contribution is -0.115. The summed E-state index contributed by atoms with van der Waals surface area (Å²) in [5.41, 5.74) is 2.67. The molecule has 0 radical (unpaired) electrons. The molecular formula is C16H21NO2. The quantitative estimate of drug-likeness (QED) is 0.644. The molecule has 0 saturated heterocycles. The number of nitrogens with one attached hydrogen (secondary N) is 1. The van der Waals surface area contributed by atoms with Crippen molar-refractivity contribution >= 4 is 11.5 Å². The van der Waals surface area contributed by atoms with Crippen molar-refractivity contribution in [2.75, 3.05) is 5.32 Å². The summed E-state index contributed by atoms with van der Waals surface area (Å²) in [6.45, 7) is 1.74. The summed E-state index contributed by atoms with van der Waals surface area (Å²) in [6, 6.07) is 7.63. The van der Waals surface area contributed by atoms with Crippen LogP contribution in [0.1, 0.15) is 50.7 Å². The van der Waals surface area contributed by atoms with E-state index in [1.807, 2.05) is 30.5 Å². The van der Waals surface area contributed by atoms with Gasteiger partial charge in [0.2, 0.25) is 0 Å². The normalized spacial score (nSPS) is 20.1. The molecule has 0 heterocycles. The first kappa shape index (κ1) is 13.8. The second kappa shape index (κ2) is 6.53. The lowest BCUT2D eigenvalue weighted by atomic mass is 10.1. The zero-order valence-corrected chi connectivity index (χ0v) is 11.4. The van der Waals surface area contributed by atoms with Crippen LogP contribution in [0.3, 0.4) is 0 Å². The number of aliphatic hydroxyl groups excluding tert-OH is 1. The van der Waals surface area contributed by atoms with Gasteiger partial charge in [0.05, 0.1) is 6.10 Å². The van der Waals surface area contributed by atoms with Crippen LogP contribution in [-0.4, -0.2) is 10.9 Å². The van der Waals surface area contributed by atoms with E-state index in [1.54, 1.807) is 6.92 Å². The Balaban J connectivity index is 2.08. The summed E-state index contributed by atoms with van der Waals surface area (Å²) in [6.07, 6.45) is 6.12. The molecule has 19 heavy (non-hydrogen) atoms.